The van der Waals surface area contributed by atoms with Crippen LogP contribution in [0.3, 0.4) is 0 Å². The third kappa shape index (κ3) is 72.0. The largest absolute Gasteiger partial charge is 4.00 e. The predicted octanol–water partition coefficient (Wildman–Crippen LogP) is 2.82. The van der Waals surface area contributed by atoms with Gasteiger partial charge in [-0.05, 0) is 51.4 Å². The van der Waals surface area contributed by atoms with Gasteiger partial charge in [-0.25, -0.2) is 0 Å². The van der Waals surface area contributed by atoms with Crippen LogP contribution in [0, 0.1) is 0 Å². The van der Waals surface area contributed by atoms with Crippen LogP contribution in [-0.4, -0.2) is 23.9 Å². The molecule has 0 aromatic carbocycles. The first kappa shape index (κ1) is 45.5. The molecule has 0 heterocycles. The molecule has 0 amide bonds. The molecule has 0 saturated heterocycles. The van der Waals surface area contributed by atoms with E-state index in [2.05, 4.69) is 27.7 Å². The Hall–Kier alpha value is -1.43. The maximum Gasteiger partial charge on any atom is 4.00 e. The zero-order valence-corrected chi connectivity index (χ0v) is 25.8. The molecule has 0 saturated carbocycles. The van der Waals surface area contributed by atoms with Gasteiger partial charge < -0.3 is 39.6 Å². The summed E-state index contributed by atoms with van der Waals surface area (Å²) >= 11 is 0. The van der Waals surface area contributed by atoms with Crippen molar-refractivity contribution in [3.8, 4) is 0 Å². The molecule has 0 bridgehead atoms. The van der Waals surface area contributed by atoms with E-state index in [-0.39, 0.29) is 46.7 Å². The van der Waals surface area contributed by atoms with Crippen molar-refractivity contribution in [2.45, 2.75) is 156 Å². The van der Waals surface area contributed by atoms with E-state index in [1.807, 2.05) is 0 Å². The Balaban J connectivity index is -0.000000122. The number of carboxylic acid groups (broad SMARTS) is 4. The summed E-state index contributed by atoms with van der Waals surface area (Å²) in [5.41, 5.74) is 0. The molecule has 0 aromatic rings. The van der Waals surface area contributed by atoms with Crippen LogP contribution in [0.1, 0.15) is 156 Å². The molecule has 0 aliphatic carbocycles. The van der Waals surface area contributed by atoms with Gasteiger partial charge in [-0.1, -0.05) is 105 Å². The van der Waals surface area contributed by atoms with Gasteiger partial charge in [0.25, 0.3) is 0 Å². The van der Waals surface area contributed by atoms with Gasteiger partial charge in [-0.2, -0.15) is 0 Å². The molecule has 37 heavy (non-hydrogen) atoms. The van der Waals surface area contributed by atoms with Crippen molar-refractivity contribution in [1.29, 1.82) is 0 Å². The Kier molecular flexibility index (Phi) is 51.2. The van der Waals surface area contributed by atoms with Crippen LogP contribution in [0.4, 0.5) is 0 Å². The molecule has 0 rings (SSSR count). The smallest absolute Gasteiger partial charge is 0.550 e. The first-order valence-corrected chi connectivity index (χ1v) is 13.9. The first-order valence-electron chi connectivity index (χ1n) is 13.9. The molecule has 0 atom stereocenters. The summed E-state index contributed by atoms with van der Waals surface area (Å²) < 4.78 is 0. The Morgan fingerprint density at radius 3 is 0.622 bits per heavy atom. The van der Waals surface area contributed by atoms with E-state index >= 15 is 0 Å². The van der Waals surface area contributed by atoms with Gasteiger partial charge in [0.1, 0.15) is 0 Å². The van der Waals surface area contributed by atoms with Crippen molar-refractivity contribution >= 4 is 23.9 Å². The monoisotopic (exact) mass is 614 g/mol. The van der Waals surface area contributed by atoms with Gasteiger partial charge >= 0.3 is 21.1 Å². The summed E-state index contributed by atoms with van der Waals surface area (Å²) in [7, 11) is 0. The van der Waals surface area contributed by atoms with Crippen LogP contribution in [0.2, 0.25) is 0 Å². The molecule has 0 fully saturated rings. The normalized spacial score (nSPS) is 9.19. The van der Waals surface area contributed by atoms with Crippen molar-refractivity contribution in [1.82, 2.24) is 0 Å². The van der Waals surface area contributed by atoms with Crippen LogP contribution in [0.5, 0.6) is 0 Å². The number of hydrogen-bond acceptors (Lipinski definition) is 8. The summed E-state index contributed by atoms with van der Waals surface area (Å²) in [6.07, 6.45) is 17.2. The van der Waals surface area contributed by atoms with Crippen molar-refractivity contribution in [3.63, 3.8) is 0 Å². The Morgan fingerprint density at radius 1 is 0.351 bits per heavy atom. The number of carbonyl (C=O) groups excluding carboxylic acids is 4. The topological polar surface area (TPSA) is 161 Å². The predicted molar refractivity (Wildman–Crippen MR) is 135 cm³/mol. The van der Waals surface area contributed by atoms with Crippen molar-refractivity contribution in [2.75, 3.05) is 0 Å². The van der Waals surface area contributed by atoms with Crippen LogP contribution >= 0.6 is 0 Å². The summed E-state index contributed by atoms with van der Waals surface area (Å²) in [5, 5.41) is 39.4. The van der Waals surface area contributed by atoms with Gasteiger partial charge in [0.05, 0.1) is 0 Å². The maximum absolute atomic E-state index is 9.85. The number of aliphatic carboxylic acids is 4. The quantitative estimate of drug-likeness (QED) is 0.150. The number of hydrogen-bond donors (Lipinski definition) is 0. The second-order valence-electron chi connectivity index (χ2n) is 8.73. The van der Waals surface area contributed by atoms with E-state index in [1.165, 1.54) is 0 Å². The Bertz CT molecular complexity index is 411. The first-order chi connectivity index (χ1) is 17.1. The summed E-state index contributed by atoms with van der Waals surface area (Å²) in [4.78, 5) is 39.4. The molecular formula is C28H52MoO8. The summed E-state index contributed by atoms with van der Waals surface area (Å²) in [5.74, 6) is -3.70. The molecule has 9 heteroatoms. The van der Waals surface area contributed by atoms with E-state index in [1.54, 1.807) is 0 Å². The minimum absolute atomic E-state index is 0. The average Bonchev–Trinajstić information content (AvgIpc) is 2.81. The zero-order valence-electron chi connectivity index (χ0n) is 23.8. The fourth-order valence-electron chi connectivity index (χ4n) is 2.78. The number of carboxylic acids is 4. The van der Waals surface area contributed by atoms with E-state index in [0.717, 1.165) is 103 Å². The Labute approximate surface area is 240 Å². The number of unbranched alkanes of at least 4 members (excludes halogenated alkanes) is 12. The molecule has 0 unspecified atom stereocenters. The minimum atomic E-state index is -0.925. The molecule has 218 valence electrons. The SMILES string of the molecule is CCCCCCC(=O)[O-].CCCCCCC(=O)[O-].CCCCCCC(=O)[O-].CCCCCCC(=O)[O-].[Mo+4]. The van der Waals surface area contributed by atoms with Crippen molar-refractivity contribution in [3.05, 3.63) is 0 Å². The van der Waals surface area contributed by atoms with E-state index < -0.39 is 23.9 Å². The van der Waals surface area contributed by atoms with Crippen LogP contribution in [0.15, 0.2) is 0 Å². The molecule has 0 spiro atoms. The Morgan fingerprint density at radius 2 is 0.514 bits per heavy atom. The molecule has 0 radical (unpaired) electrons. The summed E-state index contributed by atoms with van der Waals surface area (Å²) in [6.45, 7) is 8.38. The van der Waals surface area contributed by atoms with E-state index in [4.69, 9.17) is 0 Å². The van der Waals surface area contributed by atoms with Gasteiger partial charge in [-0.3, -0.25) is 0 Å². The molecule has 0 aliphatic rings. The van der Waals surface area contributed by atoms with Gasteiger partial charge in [-0.15, -0.1) is 0 Å². The standard InChI is InChI=1S/4C7H14O2.Mo/c4*1-2-3-4-5-6-7(8)9;/h4*2-6H2,1H3,(H,8,9);/q;;;;+4/p-4. The molecule has 0 aliphatic heterocycles. The van der Waals surface area contributed by atoms with Crippen LogP contribution < -0.4 is 20.4 Å². The molecular weight excluding hydrogens is 560 g/mol. The molecule has 0 N–H and O–H groups in total. The van der Waals surface area contributed by atoms with Gasteiger partial charge in [0, 0.05) is 23.9 Å². The van der Waals surface area contributed by atoms with Crippen LogP contribution in [-0.2, 0) is 40.2 Å². The van der Waals surface area contributed by atoms with Gasteiger partial charge in [0.2, 0.25) is 0 Å². The van der Waals surface area contributed by atoms with Crippen molar-refractivity contribution < 1.29 is 60.7 Å². The fourth-order valence-corrected chi connectivity index (χ4v) is 2.78. The average molecular weight is 613 g/mol. The number of rotatable bonds is 20. The van der Waals surface area contributed by atoms with Gasteiger partial charge in [0.15, 0.2) is 0 Å². The van der Waals surface area contributed by atoms with E-state index in [0.29, 0.717) is 0 Å². The van der Waals surface area contributed by atoms with Crippen molar-refractivity contribution in [2.24, 2.45) is 0 Å². The molecule has 8 nitrogen and oxygen atoms in total. The third-order valence-corrected chi connectivity index (χ3v) is 4.94. The summed E-state index contributed by atoms with van der Waals surface area (Å²) in [6, 6.07) is 0. The fraction of sp³-hybridized carbons (Fsp3) is 0.857. The minimum Gasteiger partial charge on any atom is -0.550 e. The third-order valence-electron chi connectivity index (χ3n) is 4.94. The number of carbonyl (C=O) groups is 4. The zero-order chi connectivity index (χ0) is 28.5. The maximum atomic E-state index is 9.85. The van der Waals surface area contributed by atoms with E-state index in [9.17, 15) is 39.6 Å². The second-order valence-corrected chi connectivity index (χ2v) is 8.73. The van der Waals surface area contributed by atoms with Crippen LogP contribution in [0.25, 0.3) is 0 Å². The molecule has 0 aromatic heterocycles. The second kappa shape index (κ2) is 41.7.